The Balaban J connectivity index is 1.56. The monoisotopic (exact) mass is 407 g/mol. The molecular formula is C22H22FN5O2. The number of anilines is 1. The van der Waals surface area contributed by atoms with E-state index >= 15 is 0 Å². The van der Waals surface area contributed by atoms with E-state index in [-0.39, 0.29) is 30.7 Å². The number of carbonyl (C=O) groups is 2. The molecule has 0 saturated carbocycles. The fourth-order valence-corrected chi connectivity index (χ4v) is 3.48. The molecule has 1 aliphatic heterocycles. The van der Waals surface area contributed by atoms with Gasteiger partial charge in [-0.25, -0.2) is 14.4 Å². The highest BCUT2D eigenvalue weighted by Gasteiger charge is 2.27. The summed E-state index contributed by atoms with van der Waals surface area (Å²) in [6.07, 6.45) is 0.839. The highest BCUT2D eigenvalue weighted by molar-refractivity contribution is 5.92. The summed E-state index contributed by atoms with van der Waals surface area (Å²) in [6.45, 7) is 2.35. The Hall–Kier alpha value is -3.55. The van der Waals surface area contributed by atoms with E-state index in [0.717, 1.165) is 16.5 Å². The van der Waals surface area contributed by atoms with E-state index < -0.39 is 6.04 Å². The number of nitrogens with zero attached hydrogens (tertiary/aromatic N) is 2. The van der Waals surface area contributed by atoms with Crippen LogP contribution in [0, 0.1) is 12.7 Å². The fraction of sp³-hybridized carbons (Fsp3) is 0.273. The highest BCUT2D eigenvalue weighted by atomic mass is 19.1. The molecule has 1 fully saturated rings. The largest absolute Gasteiger partial charge is 0.365 e. The molecule has 0 spiro atoms. The fourth-order valence-electron chi connectivity index (χ4n) is 3.48. The summed E-state index contributed by atoms with van der Waals surface area (Å²) in [5.74, 6) is 0.351. The minimum absolute atomic E-state index is 0.118. The zero-order valence-electron chi connectivity index (χ0n) is 16.5. The van der Waals surface area contributed by atoms with Gasteiger partial charge >= 0.3 is 0 Å². The van der Waals surface area contributed by atoms with Crippen LogP contribution in [0.3, 0.4) is 0 Å². The molecule has 0 aliphatic carbocycles. The summed E-state index contributed by atoms with van der Waals surface area (Å²) < 4.78 is 14.0. The molecule has 7 nitrogen and oxygen atoms in total. The van der Waals surface area contributed by atoms with Crippen molar-refractivity contribution >= 4 is 28.5 Å². The van der Waals surface area contributed by atoms with Crippen LogP contribution in [0.15, 0.2) is 42.5 Å². The molecule has 1 aliphatic rings. The summed E-state index contributed by atoms with van der Waals surface area (Å²) in [4.78, 5) is 32.8. The molecule has 1 aromatic heterocycles. The van der Waals surface area contributed by atoms with Crippen LogP contribution in [-0.4, -0.2) is 27.8 Å². The molecule has 4 rings (SSSR count). The molecule has 1 saturated heterocycles. The number of benzene rings is 2. The maximum atomic E-state index is 14.0. The van der Waals surface area contributed by atoms with Crippen LogP contribution in [0.5, 0.6) is 0 Å². The quantitative estimate of drug-likeness (QED) is 0.584. The maximum absolute atomic E-state index is 14.0. The van der Waals surface area contributed by atoms with Gasteiger partial charge in [-0.3, -0.25) is 9.59 Å². The van der Waals surface area contributed by atoms with Gasteiger partial charge < -0.3 is 16.0 Å². The average Bonchev–Trinajstić information content (AvgIpc) is 3.18. The van der Waals surface area contributed by atoms with Crippen molar-refractivity contribution in [3.8, 4) is 0 Å². The van der Waals surface area contributed by atoms with Crippen molar-refractivity contribution in [2.75, 3.05) is 5.32 Å². The van der Waals surface area contributed by atoms with Gasteiger partial charge in [-0.2, -0.15) is 0 Å². The number of hydrogen-bond acceptors (Lipinski definition) is 5. The number of amides is 2. The molecule has 8 heteroatoms. The van der Waals surface area contributed by atoms with Crippen LogP contribution in [0.2, 0.25) is 0 Å². The van der Waals surface area contributed by atoms with Crippen molar-refractivity contribution in [2.45, 2.75) is 38.9 Å². The molecule has 154 valence electrons. The molecule has 3 aromatic rings. The van der Waals surface area contributed by atoms with Crippen molar-refractivity contribution in [3.05, 3.63) is 65.2 Å². The number of hydrogen-bond donors (Lipinski definition) is 3. The van der Waals surface area contributed by atoms with Gasteiger partial charge in [0.25, 0.3) is 0 Å². The number of aryl methyl sites for hydroxylation is 1. The van der Waals surface area contributed by atoms with Crippen molar-refractivity contribution in [2.24, 2.45) is 0 Å². The second-order valence-corrected chi connectivity index (χ2v) is 7.28. The van der Waals surface area contributed by atoms with Crippen LogP contribution in [0.1, 0.15) is 29.8 Å². The highest BCUT2D eigenvalue weighted by Crippen LogP contribution is 2.24. The second kappa shape index (κ2) is 8.44. The molecule has 0 bridgehead atoms. The van der Waals surface area contributed by atoms with Gasteiger partial charge in [0.1, 0.15) is 17.7 Å². The van der Waals surface area contributed by atoms with Crippen LogP contribution < -0.4 is 16.0 Å². The lowest BCUT2D eigenvalue weighted by Crippen LogP contribution is -2.41. The van der Waals surface area contributed by atoms with E-state index in [2.05, 4.69) is 25.9 Å². The summed E-state index contributed by atoms with van der Waals surface area (Å²) in [5, 5.41) is 9.46. The Bertz CT molecular complexity index is 1120. The molecule has 2 aromatic carbocycles. The van der Waals surface area contributed by atoms with Gasteiger partial charge in [0.05, 0.1) is 12.1 Å². The molecule has 3 N–H and O–H groups in total. The Labute approximate surface area is 173 Å². The number of para-hydroxylation sites is 1. The third-order valence-corrected chi connectivity index (χ3v) is 5.11. The number of fused-ring (bicyclic) bond motifs is 1. The third kappa shape index (κ3) is 4.22. The van der Waals surface area contributed by atoms with E-state index in [1.165, 1.54) is 6.07 Å². The van der Waals surface area contributed by atoms with Crippen LogP contribution in [-0.2, 0) is 22.7 Å². The first-order valence-electron chi connectivity index (χ1n) is 9.82. The van der Waals surface area contributed by atoms with Gasteiger partial charge in [0.2, 0.25) is 11.8 Å². The summed E-state index contributed by atoms with van der Waals surface area (Å²) in [5.41, 5.74) is 2.27. The lowest BCUT2D eigenvalue weighted by atomic mass is 10.1. The zero-order chi connectivity index (χ0) is 21.1. The minimum Gasteiger partial charge on any atom is -0.365 e. The molecule has 2 heterocycles. The molecular weight excluding hydrogens is 385 g/mol. The number of nitrogens with one attached hydrogen (secondary N) is 3. The van der Waals surface area contributed by atoms with Gasteiger partial charge in [0.15, 0.2) is 5.82 Å². The van der Waals surface area contributed by atoms with Crippen molar-refractivity contribution in [3.63, 3.8) is 0 Å². The summed E-state index contributed by atoms with van der Waals surface area (Å²) >= 11 is 0. The van der Waals surface area contributed by atoms with E-state index in [9.17, 15) is 14.0 Å². The zero-order valence-corrected chi connectivity index (χ0v) is 16.5. The SMILES string of the molecule is Cc1cccc2c(NCc3ccccc3F)nc(CNC(=O)C3CCC(=O)N3)nc12. The van der Waals surface area contributed by atoms with E-state index in [1.807, 2.05) is 25.1 Å². The topological polar surface area (TPSA) is 96.0 Å². The Kier molecular flexibility index (Phi) is 5.56. The Morgan fingerprint density at radius 1 is 1.17 bits per heavy atom. The maximum Gasteiger partial charge on any atom is 0.242 e. The Morgan fingerprint density at radius 2 is 2.00 bits per heavy atom. The molecule has 2 amide bonds. The first-order chi connectivity index (χ1) is 14.5. The molecule has 1 unspecified atom stereocenters. The van der Waals surface area contributed by atoms with Gasteiger partial charge in [-0.15, -0.1) is 0 Å². The number of aromatic nitrogens is 2. The van der Waals surface area contributed by atoms with Crippen LogP contribution in [0.4, 0.5) is 10.2 Å². The lowest BCUT2D eigenvalue weighted by molar-refractivity contribution is -0.125. The minimum atomic E-state index is -0.515. The van der Waals surface area contributed by atoms with Crippen molar-refractivity contribution in [1.29, 1.82) is 0 Å². The second-order valence-electron chi connectivity index (χ2n) is 7.28. The first-order valence-corrected chi connectivity index (χ1v) is 9.82. The van der Waals surface area contributed by atoms with E-state index in [0.29, 0.717) is 30.0 Å². The molecule has 30 heavy (non-hydrogen) atoms. The van der Waals surface area contributed by atoms with Crippen LogP contribution >= 0.6 is 0 Å². The summed E-state index contributed by atoms with van der Waals surface area (Å²) in [7, 11) is 0. The van der Waals surface area contributed by atoms with Gasteiger partial charge in [-0.05, 0) is 31.0 Å². The van der Waals surface area contributed by atoms with Crippen molar-refractivity contribution < 1.29 is 14.0 Å². The van der Waals surface area contributed by atoms with E-state index in [1.54, 1.807) is 18.2 Å². The Morgan fingerprint density at radius 3 is 2.77 bits per heavy atom. The predicted octanol–water partition coefficient (Wildman–Crippen LogP) is 2.58. The average molecular weight is 407 g/mol. The number of carbonyl (C=O) groups excluding carboxylic acids is 2. The van der Waals surface area contributed by atoms with Gasteiger partial charge in [-0.1, -0.05) is 30.3 Å². The van der Waals surface area contributed by atoms with Crippen LogP contribution in [0.25, 0.3) is 10.9 Å². The standard InChI is InChI=1S/C22H22FN5O2/c1-13-5-4-7-15-20(13)27-18(12-25-22(30)17-9-10-19(29)26-17)28-21(15)24-11-14-6-2-3-8-16(14)23/h2-8,17H,9-12H2,1H3,(H,25,30)(H,26,29)(H,24,27,28). The third-order valence-electron chi connectivity index (χ3n) is 5.11. The molecule has 0 radical (unpaired) electrons. The first kappa shape index (κ1) is 19.8. The van der Waals surface area contributed by atoms with Crippen molar-refractivity contribution in [1.82, 2.24) is 20.6 Å². The predicted molar refractivity (Wildman–Crippen MR) is 111 cm³/mol. The number of halogens is 1. The smallest absolute Gasteiger partial charge is 0.242 e. The number of rotatable bonds is 6. The normalized spacial score (nSPS) is 15.8. The van der Waals surface area contributed by atoms with Gasteiger partial charge in [0, 0.05) is 23.9 Å². The van der Waals surface area contributed by atoms with E-state index in [4.69, 9.17) is 0 Å². The molecule has 1 atom stereocenters. The summed E-state index contributed by atoms with van der Waals surface area (Å²) in [6, 6.07) is 11.8. The lowest BCUT2D eigenvalue weighted by Gasteiger charge is -2.14.